The van der Waals surface area contributed by atoms with E-state index >= 15 is 0 Å². The van der Waals surface area contributed by atoms with Crippen LogP contribution in [0.25, 0.3) is 21.9 Å². The van der Waals surface area contributed by atoms with Gasteiger partial charge in [-0.25, -0.2) is 4.79 Å². The molecular weight excluding hydrogens is 573 g/mol. The van der Waals surface area contributed by atoms with E-state index in [1.165, 1.54) is 0 Å². The summed E-state index contributed by atoms with van der Waals surface area (Å²) in [5.41, 5.74) is 3.05. The lowest BCUT2D eigenvalue weighted by atomic mass is 9.89. The second-order valence-electron chi connectivity index (χ2n) is 9.93. The zero-order valence-electron chi connectivity index (χ0n) is 23.4. The van der Waals surface area contributed by atoms with Crippen molar-refractivity contribution < 1.29 is 19.0 Å². The maximum absolute atomic E-state index is 12.5. The summed E-state index contributed by atoms with van der Waals surface area (Å²) < 4.78 is 17.4. The van der Waals surface area contributed by atoms with Crippen molar-refractivity contribution in [3.05, 3.63) is 87.4 Å². The first-order valence-electron chi connectivity index (χ1n) is 13.9. The second kappa shape index (κ2) is 12.8. The van der Waals surface area contributed by atoms with Gasteiger partial charge in [-0.3, -0.25) is 10.8 Å². The average molecular weight is 605 g/mol. The number of ether oxygens (including phenoxy) is 3. The fourth-order valence-corrected chi connectivity index (χ4v) is 5.41. The van der Waals surface area contributed by atoms with Crippen molar-refractivity contribution in [3.8, 4) is 28.4 Å². The number of fused-ring (bicyclic) bond motifs is 2. The van der Waals surface area contributed by atoms with Crippen molar-refractivity contribution in [1.82, 2.24) is 5.32 Å². The van der Waals surface area contributed by atoms with Crippen molar-refractivity contribution in [2.24, 2.45) is 0 Å². The third-order valence-electron chi connectivity index (χ3n) is 7.04. The topological polar surface area (TPSA) is 104 Å². The maximum Gasteiger partial charge on any atom is 0.338 e. The van der Waals surface area contributed by atoms with E-state index in [2.05, 4.69) is 12.2 Å². The third kappa shape index (κ3) is 5.94. The van der Waals surface area contributed by atoms with Crippen molar-refractivity contribution >= 4 is 51.6 Å². The molecule has 4 aromatic carbocycles. The Kier molecular flexibility index (Phi) is 9.00. The highest BCUT2D eigenvalue weighted by Gasteiger charge is 2.30. The molecule has 0 radical (unpaired) electrons. The minimum absolute atomic E-state index is 0.107. The van der Waals surface area contributed by atoms with Gasteiger partial charge in [-0.2, -0.15) is 0 Å². The van der Waals surface area contributed by atoms with E-state index in [9.17, 15) is 4.79 Å². The number of rotatable bonds is 11. The van der Waals surface area contributed by atoms with Crippen LogP contribution in [-0.2, 0) is 4.74 Å². The Morgan fingerprint density at radius 3 is 2.26 bits per heavy atom. The Labute approximate surface area is 254 Å². The van der Waals surface area contributed by atoms with Crippen LogP contribution in [-0.4, -0.2) is 30.9 Å². The third-order valence-corrected chi connectivity index (χ3v) is 7.81. The van der Waals surface area contributed by atoms with Crippen molar-refractivity contribution in [1.29, 1.82) is 10.8 Å². The molecule has 4 aromatic rings. The molecule has 1 aliphatic rings. The van der Waals surface area contributed by atoms with E-state index in [1.807, 2.05) is 37.3 Å². The number of carbonyl (C=O) groups excluding carboxylic acids is 1. The number of nitrogens with one attached hydrogen (secondary N) is 3. The van der Waals surface area contributed by atoms with Gasteiger partial charge in [0.25, 0.3) is 0 Å². The first-order chi connectivity index (χ1) is 20.3. The summed E-state index contributed by atoms with van der Waals surface area (Å²) in [7, 11) is 0. The lowest BCUT2D eigenvalue weighted by Gasteiger charge is -2.19. The lowest BCUT2D eigenvalue weighted by molar-refractivity contribution is 0.0498. The summed E-state index contributed by atoms with van der Waals surface area (Å²) in [6.07, 6.45) is 4.11. The van der Waals surface area contributed by atoms with Gasteiger partial charge in [-0.05, 0) is 72.8 Å². The molecule has 0 fully saturated rings. The van der Waals surface area contributed by atoms with Gasteiger partial charge >= 0.3 is 5.97 Å². The minimum atomic E-state index is -0.383. The summed E-state index contributed by atoms with van der Waals surface area (Å²) in [6.45, 7) is 4.98. The number of hydrogen-bond donors (Lipinski definition) is 3. The van der Waals surface area contributed by atoms with Gasteiger partial charge in [-0.15, -0.1) is 0 Å². The Balaban J connectivity index is 1.56. The number of hydrogen-bond acceptors (Lipinski definition) is 6. The van der Waals surface area contributed by atoms with Crippen molar-refractivity contribution in [2.75, 3.05) is 13.2 Å². The first-order valence-corrected chi connectivity index (χ1v) is 14.7. The van der Waals surface area contributed by atoms with E-state index in [-0.39, 0.29) is 27.7 Å². The second-order valence-corrected chi connectivity index (χ2v) is 10.7. The number of benzene rings is 4. The Morgan fingerprint density at radius 1 is 0.857 bits per heavy atom. The molecule has 0 amide bonds. The lowest BCUT2D eigenvalue weighted by Crippen LogP contribution is -2.20. The van der Waals surface area contributed by atoms with Crippen LogP contribution in [0.3, 0.4) is 0 Å². The van der Waals surface area contributed by atoms with Gasteiger partial charge in [0, 0.05) is 22.1 Å². The molecule has 5 rings (SSSR count). The largest absolute Gasteiger partial charge is 0.494 e. The van der Waals surface area contributed by atoms with Crippen LogP contribution in [0, 0.1) is 10.8 Å². The van der Waals surface area contributed by atoms with Crippen molar-refractivity contribution in [3.63, 3.8) is 0 Å². The van der Waals surface area contributed by atoms with Crippen LogP contribution in [0.15, 0.2) is 60.7 Å². The van der Waals surface area contributed by atoms with E-state index in [4.69, 9.17) is 48.2 Å². The number of carbonyl (C=O) groups is 1. The summed E-state index contributed by atoms with van der Waals surface area (Å²) >= 11 is 13.4. The summed E-state index contributed by atoms with van der Waals surface area (Å²) in [4.78, 5) is 12.5. The molecule has 42 heavy (non-hydrogen) atoms. The maximum atomic E-state index is 12.5. The fraction of sp³-hybridized carbons (Fsp3) is 0.242. The quantitative estimate of drug-likeness (QED) is 0.117. The highest BCUT2D eigenvalue weighted by atomic mass is 35.5. The zero-order valence-corrected chi connectivity index (χ0v) is 24.9. The minimum Gasteiger partial charge on any atom is -0.494 e. The molecule has 0 aliphatic carbocycles. The number of unbranched alkanes of at least 4 members (excludes halogenated alkanes) is 3. The zero-order chi connectivity index (χ0) is 29.8. The van der Waals surface area contributed by atoms with E-state index in [1.54, 1.807) is 30.3 Å². The van der Waals surface area contributed by atoms with Gasteiger partial charge in [0.1, 0.15) is 28.2 Å². The molecule has 216 valence electrons. The molecule has 7 nitrogen and oxygen atoms in total. The van der Waals surface area contributed by atoms with Crippen LogP contribution < -0.4 is 14.8 Å². The van der Waals surface area contributed by atoms with Crippen molar-refractivity contribution in [2.45, 2.75) is 39.5 Å². The monoisotopic (exact) mass is 603 g/mol. The SMILES string of the molecule is CCCCCCOC(=O)c1ccc(Oc2c(Cl)c(Cl)cc3cc4c(c(-c5ccc(OCC)cc5)c23)C(=N)NC4=N)cc1. The molecule has 0 atom stereocenters. The highest BCUT2D eigenvalue weighted by Crippen LogP contribution is 2.48. The number of halogens is 2. The standard InChI is InChI=1S/C33H31Cl2N3O4/c1-3-5-6-7-16-41-33(39)20-10-14-23(15-11-20)42-30-27-21(18-25(34)29(30)35)17-24-28(32(37)38-31(24)36)26(27)19-8-12-22(13-9-19)40-4-2/h8-15,17-18H,3-7,16H2,1-2H3,(H3,36,37,38). The normalized spacial score (nSPS) is 12.3. The molecule has 1 heterocycles. The predicted octanol–water partition coefficient (Wildman–Crippen LogP) is 9.00. The van der Waals surface area contributed by atoms with Crippen LogP contribution in [0.5, 0.6) is 17.2 Å². The Hall–Kier alpha value is -4.07. The summed E-state index contributed by atoms with van der Waals surface area (Å²) in [5.74, 6) is 1.32. The molecule has 0 unspecified atom stereocenters. The Bertz CT molecular complexity index is 1670. The molecule has 0 saturated heterocycles. The first kappa shape index (κ1) is 29.4. The van der Waals surface area contributed by atoms with Gasteiger partial charge in [0.2, 0.25) is 0 Å². The van der Waals surface area contributed by atoms with Gasteiger partial charge in [0.05, 0.1) is 23.8 Å². The highest BCUT2D eigenvalue weighted by molar-refractivity contribution is 6.44. The van der Waals surface area contributed by atoms with Gasteiger partial charge in [0.15, 0.2) is 5.75 Å². The van der Waals surface area contributed by atoms with Crippen LogP contribution in [0.1, 0.15) is 61.0 Å². The van der Waals surface area contributed by atoms with E-state index < -0.39 is 0 Å². The fourth-order valence-electron chi connectivity index (χ4n) is 5.02. The molecule has 0 spiro atoms. The van der Waals surface area contributed by atoms with Gasteiger partial charge < -0.3 is 19.5 Å². The molecular formula is C33H31Cl2N3O4. The smallest absolute Gasteiger partial charge is 0.338 e. The summed E-state index contributed by atoms with van der Waals surface area (Å²) in [5, 5.41) is 21.8. The molecule has 1 aliphatic heterocycles. The molecule has 0 saturated carbocycles. The molecule has 0 aromatic heterocycles. The average Bonchev–Trinajstić information content (AvgIpc) is 3.27. The van der Waals surface area contributed by atoms with E-state index in [0.29, 0.717) is 57.7 Å². The van der Waals surface area contributed by atoms with Crippen LogP contribution in [0.2, 0.25) is 10.0 Å². The van der Waals surface area contributed by atoms with Crippen LogP contribution in [0.4, 0.5) is 0 Å². The Morgan fingerprint density at radius 2 is 1.57 bits per heavy atom. The van der Waals surface area contributed by atoms with E-state index in [0.717, 1.165) is 37.0 Å². The van der Waals surface area contributed by atoms with Crippen LogP contribution >= 0.6 is 23.2 Å². The number of esters is 1. The number of amidine groups is 2. The van der Waals surface area contributed by atoms with Gasteiger partial charge in [-0.1, -0.05) is 61.5 Å². The molecule has 3 N–H and O–H groups in total. The molecule has 0 bridgehead atoms. The summed E-state index contributed by atoms with van der Waals surface area (Å²) in [6, 6.07) is 17.7. The molecule has 9 heteroatoms. The predicted molar refractivity (Wildman–Crippen MR) is 168 cm³/mol.